The van der Waals surface area contributed by atoms with E-state index in [4.69, 9.17) is 14.6 Å². The molecule has 0 fully saturated rings. The van der Waals surface area contributed by atoms with E-state index in [0.717, 1.165) is 7.11 Å². The van der Waals surface area contributed by atoms with Crippen LogP contribution in [0.3, 0.4) is 0 Å². The van der Waals surface area contributed by atoms with Crippen LogP contribution in [-0.4, -0.2) is 110 Å². The number of carbonyl (C=O) groups is 2. The summed E-state index contributed by atoms with van der Waals surface area (Å²) in [7, 11) is 1.11. The lowest BCUT2D eigenvalue weighted by Gasteiger charge is -2.40. The zero-order chi connectivity index (χ0) is 35.1. The lowest BCUT2D eigenvalue weighted by molar-refractivity contribution is -0.439. The van der Waals surface area contributed by atoms with Gasteiger partial charge in [0.1, 0.15) is 12.4 Å². The molecule has 0 aliphatic carbocycles. The highest BCUT2D eigenvalue weighted by atomic mass is 19.4. The molecule has 0 heterocycles. The van der Waals surface area contributed by atoms with Crippen LogP contribution in [0, 0.1) is 0 Å². The highest BCUT2D eigenvalue weighted by Crippen LogP contribution is 2.60. The molecule has 2 amide bonds. The zero-order valence-corrected chi connectivity index (χ0v) is 23.2. The number of carboxylic acid groups (broad SMARTS) is 1. The number of hydrogen-bond acceptors (Lipinski definition) is 5. The number of carboxylic acids is 1. The monoisotopic (exact) mass is 686 g/mol. The van der Waals surface area contributed by atoms with Crippen molar-refractivity contribution >= 4 is 12.0 Å². The van der Waals surface area contributed by atoms with E-state index in [1.807, 2.05) is 5.32 Å². The van der Waals surface area contributed by atoms with E-state index in [-0.39, 0.29) is 30.3 Å². The fraction of sp³-hybridized carbons (Fsp3) is 0.667. The minimum Gasteiger partial charge on any atom is -0.492 e. The summed E-state index contributed by atoms with van der Waals surface area (Å²) in [6.07, 6.45) is -8.85. The quantitative estimate of drug-likeness (QED) is 0.157. The molecule has 260 valence electrons. The molecule has 0 aromatic heterocycles. The highest BCUT2D eigenvalue weighted by molar-refractivity contribution is 5.74. The van der Waals surface area contributed by atoms with Crippen LogP contribution in [0.4, 0.5) is 61.9 Å². The number of ether oxygens (including phenoxy) is 3. The van der Waals surface area contributed by atoms with Crippen molar-refractivity contribution in [3.05, 3.63) is 29.8 Å². The molecule has 1 aromatic rings. The molecule has 0 radical (unpaired) electrons. The van der Waals surface area contributed by atoms with Crippen LogP contribution in [0.15, 0.2) is 24.3 Å². The van der Waals surface area contributed by atoms with E-state index in [9.17, 15) is 66.7 Å². The van der Waals surface area contributed by atoms with Gasteiger partial charge in [0.05, 0.1) is 19.7 Å². The Morgan fingerprint density at radius 1 is 0.844 bits per heavy atom. The second-order valence-electron chi connectivity index (χ2n) is 9.12. The number of nitrogens with zero attached hydrogens (tertiary/aromatic N) is 1. The number of benzene rings is 1. The van der Waals surface area contributed by atoms with E-state index in [1.54, 1.807) is 6.92 Å². The van der Waals surface area contributed by atoms with Gasteiger partial charge >= 0.3 is 47.8 Å². The number of nitrogens with one attached hydrogen (secondary N) is 1. The van der Waals surface area contributed by atoms with E-state index in [0.29, 0.717) is 5.56 Å². The number of alkyl halides is 13. The standard InChI is InChI=1S/C24H27F13N2O6/c1-3-44-16(17(40)41)12-14-4-6-15(7-5-14)45-11-9-39(18(42)38-8-10-43-2)13-19(25,26)20(27,28)21(29,30)22(31,32)23(33,34)24(35,36)37/h4-7,16H,3,8-13H2,1-2H3,(H,38,42)(H,40,41). The smallest absolute Gasteiger partial charge is 0.460 e. The second-order valence-corrected chi connectivity index (χ2v) is 9.12. The molecule has 2 N–H and O–H groups in total. The molecule has 0 bridgehead atoms. The van der Waals surface area contributed by atoms with Crippen molar-refractivity contribution in [3.63, 3.8) is 0 Å². The Kier molecular flexibility index (Phi) is 13.2. The van der Waals surface area contributed by atoms with Gasteiger partial charge in [-0.15, -0.1) is 0 Å². The third-order valence-electron chi connectivity index (χ3n) is 5.88. The first-order chi connectivity index (χ1) is 20.4. The van der Waals surface area contributed by atoms with Gasteiger partial charge in [0.25, 0.3) is 0 Å². The lowest BCUT2D eigenvalue weighted by Crippen LogP contribution is -2.71. The van der Waals surface area contributed by atoms with Gasteiger partial charge in [0, 0.05) is 26.7 Å². The molecule has 1 unspecified atom stereocenters. The van der Waals surface area contributed by atoms with Gasteiger partial charge in [0.15, 0.2) is 6.10 Å². The predicted molar refractivity (Wildman–Crippen MR) is 126 cm³/mol. The second kappa shape index (κ2) is 14.9. The molecule has 1 atom stereocenters. The molecular formula is C24H27F13N2O6. The van der Waals surface area contributed by atoms with Gasteiger partial charge < -0.3 is 29.5 Å². The topological polar surface area (TPSA) is 97.3 Å². The van der Waals surface area contributed by atoms with Gasteiger partial charge in [-0.25, -0.2) is 9.59 Å². The van der Waals surface area contributed by atoms with Crippen LogP contribution in [-0.2, 0) is 20.7 Å². The number of halogens is 13. The van der Waals surface area contributed by atoms with E-state index < -0.39 is 80.1 Å². The molecule has 21 heteroatoms. The Hall–Kier alpha value is -3.23. The van der Waals surface area contributed by atoms with Crippen molar-refractivity contribution in [2.45, 2.75) is 55.2 Å². The number of hydrogen-bond donors (Lipinski definition) is 2. The van der Waals surface area contributed by atoms with Crippen LogP contribution in [0.25, 0.3) is 0 Å². The van der Waals surface area contributed by atoms with Crippen molar-refractivity contribution in [2.24, 2.45) is 0 Å². The Balaban J connectivity index is 3.19. The third kappa shape index (κ3) is 8.95. The fourth-order valence-corrected chi connectivity index (χ4v) is 3.39. The number of carbonyl (C=O) groups excluding carboxylic acids is 1. The molecule has 45 heavy (non-hydrogen) atoms. The molecule has 0 saturated carbocycles. The molecule has 0 aliphatic rings. The lowest BCUT2D eigenvalue weighted by atomic mass is 9.93. The maximum Gasteiger partial charge on any atom is 0.460 e. The summed E-state index contributed by atoms with van der Waals surface area (Å²) >= 11 is 0. The third-order valence-corrected chi connectivity index (χ3v) is 5.88. The first-order valence-corrected chi connectivity index (χ1v) is 12.4. The summed E-state index contributed by atoms with van der Waals surface area (Å²) in [5.74, 6) is -39.4. The number of urea groups is 1. The van der Waals surface area contributed by atoms with Gasteiger partial charge in [-0.2, -0.15) is 57.1 Å². The van der Waals surface area contributed by atoms with Gasteiger partial charge in [-0.3, -0.25) is 0 Å². The Morgan fingerprint density at radius 3 is 1.84 bits per heavy atom. The normalized spacial score (nSPS) is 14.2. The molecular weight excluding hydrogens is 659 g/mol. The van der Waals surface area contributed by atoms with Crippen LogP contribution in [0.1, 0.15) is 12.5 Å². The highest BCUT2D eigenvalue weighted by Gasteiger charge is 2.90. The Labute approximate surface area is 246 Å². The SMILES string of the molecule is CCOC(Cc1ccc(OCCN(CC(F)(F)C(F)(F)C(F)(F)C(F)(F)C(F)(F)C(F)(F)F)C(=O)NCCOC)cc1)C(=O)O. The van der Waals surface area contributed by atoms with Crippen molar-refractivity contribution in [1.82, 2.24) is 10.2 Å². The summed E-state index contributed by atoms with van der Waals surface area (Å²) < 4.78 is 190. The van der Waals surface area contributed by atoms with E-state index in [1.165, 1.54) is 24.3 Å². The summed E-state index contributed by atoms with van der Waals surface area (Å²) in [5.41, 5.74) is 0.415. The molecule has 0 aliphatic heterocycles. The Bertz CT molecular complexity index is 1120. The Morgan fingerprint density at radius 2 is 1.38 bits per heavy atom. The fourth-order valence-electron chi connectivity index (χ4n) is 3.39. The summed E-state index contributed by atoms with van der Waals surface area (Å²) in [6, 6.07) is 3.40. The minimum absolute atomic E-state index is 0.0821. The molecule has 0 spiro atoms. The van der Waals surface area contributed by atoms with E-state index >= 15 is 0 Å². The van der Waals surface area contributed by atoms with E-state index in [2.05, 4.69) is 4.74 Å². The van der Waals surface area contributed by atoms with Crippen LogP contribution < -0.4 is 10.1 Å². The van der Waals surface area contributed by atoms with Crippen LogP contribution >= 0.6 is 0 Å². The number of aliphatic carboxylic acids is 1. The van der Waals surface area contributed by atoms with Crippen LogP contribution in [0.2, 0.25) is 0 Å². The molecule has 1 aromatic carbocycles. The van der Waals surface area contributed by atoms with Crippen molar-refractivity contribution in [3.8, 4) is 5.75 Å². The number of rotatable bonds is 18. The molecule has 1 rings (SSSR count). The largest absolute Gasteiger partial charge is 0.492 e. The average Bonchev–Trinajstić information content (AvgIpc) is 2.92. The first kappa shape index (κ1) is 39.8. The summed E-state index contributed by atoms with van der Waals surface area (Å²) in [6.45, 7) is -4.08. The van der Waals surface area contributed by atoms with Crippen LogP contribution in [0.5, 0.6) is 5.75 Å². The average molecular weight is 686 g/mol. The molecule has 0 saturated heterocycles. The maximum atomic E-state index is 14.5. The summed E-state index contributed by atoms with van der Waals surface area (Å²) in [4.78, 5) is 23.2. The van der Waals surface area contributed by atoms with Gasteiger partial charge in [-0.05, 0) is 24.6 Å². The van der Waals surface area contributed by atoms with Gasteiger partial charge in [0.2, 0.25) is 0 Å². The molecule has 8 nitrogen and oxygen atoms in total. The first-order valence-electron chi connectivity index (χ1n) is 12.4. The predicted octanol–water partition coefficient (Wildman–Crippen LogP) is 5.49. The van der Waals surface area contributed by atoms with Crippen molar-refractivity contribution < 1.29 is 86.0 Å². The number of methoxy groups -OCH3 is 1. The maximum absolute atomic E-state index is 14.5. The zero-order valence-electron chi connectivity index (χ0n) is 23.2. The van der Waals surface area contributed by atoms with Crippen molar-refractivity contribution in [2.75, 3.05) is 46.6 Å². The minimum atomic E-state index is -8.07. The van der Waals surface area contributed by atoms with Gasteiger partial charge in [-0.1, -0.05) is 12.1 Å². The number of amides is 2. The summed E-state index contributed by atoms with van der Waals surface area (Å²) in [5, 5.41) is 11.0. The van der Waals surface area contributed by atoms with Crippen molar-refractivity contribution in [1.29, 1.82) is 0 Å².